The summed E-state index contributed by atoms with van der Waals surface area (Å²) in [5, 5.41) is 3.05. The Hall–Kier alpha value is -3.61. The van der Waals surface area contributed by atoms with Gasteiger partial charge in [0.1, 0.15) is 17.8 Å². The van der Waals surface area contributed by atoms with Crippen LogP contribution in [0.25, 0.3) is 0 Å². The van der Waals surface area contributed by atoms with Crippen LogP contribution in [0.2, 0.25) is 0 Å². The molecule has 0 saturated carbocycles. The molecule has 0 aliphatic carbocycles. The van der Waals surface area contributed by atoms with E-state index in [1.165, 1.54) is 19.0 Å². The van der Waals surface area contributed by atoms with Crippen molar-refractivity contribution in [1.82, 2.24) is 9.97 Å². The summed E-state index contributed by atoms with van der Waals surface area (Å²) in [4.78, 5) is 20.2. The Labute approximate surface area is 163 Å². The highest BCUT2D eigenvalue weighted by atomic mass is 16.5. The Kier molecular flexibility index (Phi) is 5.74. The van der Waals surface area contributed by atoms with Crippen molar-refractivity contribution in [3.05, 3.63) is 66.0 Å². The number of nitrogens with two attached hydrogens (primary N) is 1. The minimum Gasteiger partial charge on any atom is -0.465 e. The van der Waals surface area contributed by atoms with E-state index < -0.39 is 5.97 Å². The summed E-state index contributed by atoms with van der Waals surface area (Å²) >= 11 is 0. The number of para-hydroxylation sites is 1. The van der Waals surface area contributed by atoms with E-state index in [0.29, 0.717) is 28.7 Å². The number of rotatable bonds is 6. The second-order valence-electron chi connectivity index (χ2n) is 6.43. The molecule has 0 saturated heterocycles. The largest absolute Gasteiger partial charge is 0.465 e. The number of carbonyl (C=O) groups is 1. The normalized spacial score (nSPS) is 10.6. The van der Waals surface area contributed by atoms with Gasteiger partial charge < -0.3 is 20.5 Å². The summed E-state index contributed by atoms with van der Waals surface area (Å²) in [6, 6.07) is 14.7. The highest BCUT2D eigenvalue weighted by Gasteiger charge is 2.15. The molecular weight excluding hydrogens is 356 g/mol. The molecule has 1 aromatic heterocycles. The average Bonchev–Trinajstić information content (AvgIpc) is 2.71. The molecule has 1 heterocycles. The van der Waals surface area contributed by atoms with Crippen molar-refractivity contribution in [1.29, 1.82) is 0 Å². The standard InChI is InChI=1S/C21H22N4O3/c1-13(2)14-8-10-15(11-9-14)28-20-18(22)19(23-12-24-20)25-17-7-5-4-6-16(17)21(26)27-3/h4-13H,22H2,1-3H3,(H,23,24,25). The van der Waals surface area contributed by atoms with Gasteiger partial charge in [0.2, 0.25) is 5.88 Å². The number of nitrogens with one attached hydrogen (secondary N) is 1. The zero-order valence-electron chi connectivity index (χ0n) is 16.0. The number of carbonyl (C=O) groups excluding carboxylic acids is 1. The molecule has 7 nitrogen and oxygen atoms in total. The summed E-state index contributed by atoms with van der Waals surface area (Å²) in [7, 11) is 1.33. The van der Waals surface area contributed by atoms with Crippen molar-refractivity contribution in [3.8, 4) is 11.6 Å². The average molecular weight is 378 g/mol. The number of aromatic nitrogens is 2. The minimum absolute atomic E-state index is 0.227. The predicted molar refractivity (Wildman–Crippen MR) is 108 cm³/mol. The van der Waals surface area contributed by atoms with E-state index >= 15 is 0 Å². The quantitative estimate of drug-likeness (QED) is 0.609. The molecule has 0 bridgehead atoms. The molecule has 3 rings (SSSR count). The molecule has 2 aromatic carbocycles. The van der Waals surface area contributed by atoms with Crippen molar-refractivity contribution in [2.75, 3.05) is 18.2 Å². The fraction of sp³-hybridized carbons (Fsp3) is 0.190. The highest BCUT2D eigenvalue weighted by molar-refractivity contribution is 5.96. The fourth-order valence-electron chi connectivity index (χ4n) is 2.60. The molecule has 144 valence electrons. The summed E-state index contributed by atoms with van der Waals surface area (Å²) in [5.41, 5.74) is 8.52. The summed E-state index contributed by atoms with van der Waals surface area (Å²) < 4.78 is 10.6. The fourth-order valence-corrected chi connectivity index (χ4v) is 2.60. The molecule has 0 atom stereocenters. The smallest absolute Gasteiger partial charge is 0.339 e. The van der Waals surface area contributed by atoms with Gasteiger partial charge in [-0.2, -0.15) is 4.98 Å². The van der Waals surface area contributed by atoms with Crippen LogP contribution in [0.15, 0.2) is 54.9 Å². The lowest BCUT2D eigenvalue weighted by atomic mass is 10.0. The lowest BCUT2D eigenvalue weighted by molar-refractivity contribution is 0.0602. The Balaban J connectivity index is 1.85. The van der Waals surface area contributed by atoms with E-state index in [9.17, 15) is 4.79 Å². The van der Waals surface area contributed by atoms with Crippen LogP contribution < -0.4 is 15.8 Å². The van der Waals surface area contributed by atoms with E-state index in [0.717, 1.165) is 0 Å². The molecule has 0 fully saturated rings. The van der Waals surface area contributed by atoms with E-state index in [2.05, 4.69) is 29.1 Å². The van der Waals surface area contributed by atoms with Gasteiger partial charge in [-0.25, -0.2) is 9.78 Å². The van der Waals surface area contributed by atoms with Gasteiger partial charge in [-0.3, -0.25) is 0 Å². The van der Waals surface area contributed by atoms with Crippen LogP contribution in [0.5, 0.6) is 11.6 Å². The molecule has 28 heavy (non-hydrogen) atoms. The first-order valence-electron chi connectivity index (χ1n) is 8.82. The van der Waals surface area contributed by atoms with Crippen molar-refractivity contribution in [3.63, 3.8) is 0 Å². The number of ether oxygens (including phenoxy) is 2. The van der Waals surface area contributed by atoms with E-state index in [1.807, 2.05) is 24.3 Å². The Morgan fingerprint density at radius 3 is 2.46 bits per heavy atom. The molecule has 0 unspecified atom stereocenters. The second-order valence-corrected chi connectivity index (χ2v) is 6.43. The van der Waals surface area contributed by atoms with Gasteiger partial charge in [-0.15, -0.1) is 0 Å². The summed E-state index contributed by atoms with van der Waals surface area (Å²) in [6.45, 7) is 4.25. The number of esters is 1. The number of methoxy groups -OCH3 is 1. The van der Waals surface area contributed by atoms with Crippen molar-refractivity contribution in [2.45, 2.75) is 19.8 Å². The van der Waals surface area contributed by atoms with Gasteiger partial charge in [-0.1, -0.05) is 38.1 Å². The third kappa shape index (κ3) is 4.20. The molecular formula is C21H22N4O3. The van der Waals surface area contributed by atoms with Crippen molar-refractivity contribution >= 4 is 23.2 Å². The second kappa shape index (κ2) is 8.39. The number of hydrogen-bond acceptors (Lipinski definition) is 7. The van der Waals surface area contributed by atoms with Crippen LogP contribution in [-0.4, -0.2) is 23.0 Å². The lowest BCUT2D eigenvalue weighted by Gasteiger charge is -2.14. The molecule has 7 heteroatoms. The highest BCUT2D eigenvalue weighted by Crippen LogP contribution is 2.32. The van der Waals surface area contributed by atoms with Crippen LogP contribution in [0.4, 0.5) is 17.2 Å². The van der Waals surface area contributed by atoms with Crippen LogP contribution in [0, 0.1) is 0 Å². The van der Waals surface area contributed by atoms with Crippen molar-refractivity contribution < 1.29 is 14.3 Å². The number of nitrogen functional groups attached to an aromatic ring is 1. The zero-order chi connectivity index (χ0) is 20.1. The molecule has 0 spiro atoms. The molecule has 0 aliphatic heterocycles. The number of hydrogen-bond donors (Lipinski definition) is 2. The van der Waals surface area contributed by atoms with Crippen LogP contribution >= 0.6 is 0 Å². The van der Waals surface area contributed by atoms with E-state index in [4.69, 9.17) is 15.2 Å². The van der Waals surface area contributed by atoms with Gasteiger partial charge in [0.05, 0.1) is 18.4 Å². The third-order valence-electron chi connectivity index (χ3n) is 4.19. The monoisotopic (exact) mass is 378 g/mol. The first kappa shape index (κ1) is 19.2. The predicted octanol–water partition coefficient (Wildman–Crippen LogP) is 4.50. The first-order valence-corrected chi connectivity index (χ1v) is 8.82. The summed E-state index contributed by atoms with van der Waals surface area (Å²) in [6.07, 6.45) is 1.34. The maximum absolute atomic E-state index is 11.9. The Bertz CT molecular complexity index is 972. The van der Waals surface area contributed by atoms with Gasteiger partial charge in [0, 0.05) is 0 Å². The number of anilines is 3. The van der Waals surface area contributed by atoms with E-state index in [-0.39, 0.29) is 11.6 Å². The minimum atomic E-state index is -0.461. The van der Waals surface area contributed by atoms with Crippen LogP contribution in [0.3, 0.4) is 0 Å². The Morgan fingerprint density at radius 2 is 1.79 bits per heavy atom. The van der Waals surface area contributed by atoms with Gasteiger partial charge in [0.15, 0.2) is 5.82 Å². The molecule has 3 N–H and O–H groups in total. The molecule has 0 radical (unpaired) electrons. The van der Waals surface area contributed by atoms with Crippen LogP contribution in [-0.2, 0) is 4.74 Å². The van der Waals surface area contributed by atoms with Crippen molar-refractivity contribution in [2.24, 2.45) is 0 Å². The maximum Gasteiger partial charge on any atom is 0.339 e. The first-order chi connectivity index (χ1) is 13.5. The van der Waals surface area contributed by atoms with Crippen LogP contribution in [0.1, 0.15) is 35.7 Å². The molecule has 0 amide bonds. The Morgan fingerprint density at radius 1 is 1.07 bits per heavy atom. The topological polar surface area (TPSA) is 99.4 Å². The number of benzene rings is 2. The van der Waals surface area contributed by atoms with Gasteiger partial charge >= 0.3 is 5.97 Å². The number of nitrogens with zero attached hydrogens (tertiary/aromatic N) is 2. The molecule has 0 aliphatic rings. The van der Waals surface area contributed by atoms with Gasteiger partial charge in [0.25, 0.3) is 0 Å². The lowest BCUT2D eigenvalue weighted by Crippen LogP contribution is -2.08. The molecule has 3 aromatic rings. The third-order valence-corrected chi connectivity index (χ3v) is 4.19. The maximum atomic E-state index is 11.9. The summed E-state index contributed by atoms with van der Waals surface area (Å²) in [5.74, 6) is 1.16. The van der Waals surface area contributed by atoms with E-state index in [1.54, 1.807) is 24.3 Å². The zero-order valence-corrected chi connectivity index (χ0v) is 16.0. The SMILES string of the molecule is COC(=O)c1ccccc1Nc1ncnc(Oc2ccc(C(C)C)cc2)c1N. The van der Waals surface area contributed by atoms with Gasteiger partial charge in [-0.05, 0) is 35.7 Å².